The van der Waals surface area contributed by atoms with Crippen molar-refractivity contribution in [2.45, 2.75) is 6.92 Å². The Balaban J connectivity index is 3.16. The molecule has 0 atom stereocenters. The second kappa shape index (κ2) is 6.16. The number of nitro groups is 1. The maximum Gasteiger partial charge on any atom is 0.352 e. The minimum atomic E-state index is -0.944. The van der Waals surface area contributed by atoms with Crippen molar-refractivity contribution in [2.24, 2.45) is 0 Å². The van der Waals surface area contributed by atoms with Gasteiger partial charge in [-0.25, -0.2) is 4.79 Å². The molecule has 0 radical (unpaired) electrons. The summed E-state index contributed by atoms with van der Waals surface area (Å²) in [5.74, 6) is -1.52. The van der Waals surface area contributed by atoms with Gasteiger partial charge in [-0.2, -0.15) is 5.26 Å². The monoisotopic (exact) mass is 262 g/mol. The molecular formula is C12H10N2O5. The van der Waals surface area contributed by atoms with Crippen LogP contribution in [-0.4, -0.2) is 22.6 Å². The third-order valence-electron chi connectivity index (χ3n) is 2.18. The Kier molecular flexibility index (Phi) is 4.60. The van der Waals surface area contributed by atoms with E-state index in [4.69, 9.17) is 5.26 Å². The van der Waals surface area contributed by atoms with Gasteiger partial charge in [0.25, 0.3) is 5.69 Å². The predicted octanol–water partition coefficient (Wildman–Crippen LogP) is 1.95. The molecule has 1 rings (SSSR count). The van der Waals surface area contributed by atoms with Gasteiger partial charge < -0.3 is 9.84 Å². The molecule has 1 aromatic carbocycles. The molecule has 0 fully saturated rings. The number of nitrogens with zero attached hydrogens (tertiary/aromatic N) is 2. The Bertz CT molecular complexity index is 569. The van der Waals surface area contributed by atoms with Crippen LogP contribution in [0.5, 0.6) is 0 Å². The van der Waals surface area contributed by atoms with Crippen molar-refractivity contribution in [1.29, 1.82) is 5.26 Å². The quantitative estimate of drug-likeness (QED) is 0.221. The molecule has 0 aliphatic rings. The largest absolute Gasteiger partial charge is 0.506 e. The van der Waals surface area contributed by atoms with Crippen molar-refractivity contribution in [1.82, 2.24) is 0 Å². The van der Waals surface area contributed by atoms with E-state index in [2.05, 4.69) is 4.74 Å². The summed E-state index contributed by atoms with van der Waals surface area (Å²) in [5, 5.41) is 29.1. The first-order valence-electron chi connectivity index (χ1n) is 5.26. The minimum Gasteiger partial charge on any atom is -0.506 e. The van der Waals surface area contributed by atoms with Gasteiger partial charge in [0.1, 0.15) is 11.8 Å². The number of aliphatic hydroxyl groups is 1. The SMILES string of the molecule is CCOC(=O)C(C#N)=C(O)c1ccc([N+](=O)[O-])cc1. The lowest BCUT2D eigenvalue weighted by Crippen LogP contribution is -2.08. The first-order chi connectivity index (χ1) is 9.01. The molecule has 0 heterocycles. The van der Waals surface area contributed by atoms with Crippen LogP contribution in [0.25, 0.3) is 5.76 Å². The lowest BCUT2D eigenvalue weighted by Gasteiger charge is -2.04. The maximum absolute atomic E-state index is 11.4. The normalized spacial score (nSPS) is 11.2. The number of carbonyl (C=O) groups excluding carboxylic acids is 1. The molecule has 98 valence electrons. The number of carbonyl (C=O) groups is 1. The van der Waals surface area contributed by atoms with Crippen LogP contribution in [0.3, 0.4) is 0 Å². The predicted molar refractivity (Wildman–Crippen MR) is 64.9 cm³/mol. The standard InChI is InChI=1S/C12H10N2O5/c1-2-19-12(16)10(7-13)11(15)8-3-5-9(6-4-8)14(17)18/h3-6,15H,2H2,1H3. The van der Waals surface area contributed by atoms with Crippen molar-refractivity contribution in [3.8, 4) is 6.07 Å². The molecule has 1 aromatic rings. The van der Waals surface area contributed by atoms with Gasteiger partial charge in [-0.1, -0.05) is 0 Å². The summed E-state index contributed by atoms with van der Waals surface area (Å²) in [6.45, 7) is 1.63. The summed E-state index contributed by atoms with van der Waals surface area (Å²) in [6, 6.07) is 6.34. The van der Waals surface area contributed by atoms with E-state index < -0.39 is 22.2 Å². The van der Waals surface area contributed by atoms with Crippen molar-refractivity contribution < 1.29 is 19.6 Å². The van der Waals surface area contributed by atoms with Gasteiger partial charge in [-0.3, -0.25) is 10.1 Å². The number of rotatable bonds is 4. The molecule has 0 saturated heterocycles. The fourth-order valence-corrected chi connectivity index (χ4v) is 1.28. The fraction of sp³-hybridized carbons (Fsp3) is 0.167. The summed E-state index contributed by atoms with van der Waals surface area (Å²) in [5.41, 5.74) is -0.586. The Morgan fingerprint density at radius 3 is 2.47 bits per heavy atom. The first kappa shape index (κ1) is 14.2. The number of nitro benzene ring substituents is 1. The lowest BCUT2D eigenvalue weighted by atomic mass is 10.1. The minimum absolute atomic E-state index is 0.0670. The number of benzene rings is 1. The molecule has 0 aromatic heterocycles. The van der Waals surface area contributed by atoms with Gasteiger partial charge in [-0.15, -0.1) is 0 Å². The summed E-state index contributed by atoms with van der Waals surface area (Å²) in [6.07, 6.45) is 0. The van der Waals surface area contributed by atoms with Crippen LogP contribution in [0.15, 0.2) is 29.8 Å². The Hall–Kier alpha value is -2.88. The molecule has 7 heteroatoms. The Morgan fingerprint density at radius 1 is 1.47 bits per heavy atom. The zero-order valence-electron chi connectivity index (χ0n) is 9.99. The van der Waals surface area contributed by atoms with Crippen LogP contribution in [0.1, 0.15) is 12.5 Å². The number of aliphatic hydroxyl groups excluding tert-OH is 1. The summed E-state index contributed by atoms with van der Waals surface area (Å²) in [7, 11) is 0. The van der Waals surface area contributed by atoms with Crippen LogP contribution >= 0.6 is 0 Å². The van der Waals surface area contributed by atoms with Crippen LogP contribution in [0.4, 0.5) is 5.69 Å². The fourth-order valence-electron chi connectivity index (χ4n) is 1.28. The molecule has 0 spiro atoms. The zero-order valence-corrected chi connectivity index (χ0v) is 9.99. The molecule has 0 aliphatic heterocycles. The highest BCUT2D eigenvalue weighted by Gasteiger charge is 2.18. The van der Waals surface area contributed by atoms with Gasteiger partial charge in [0.2, 0.25) is 0 Å². The van der Waals surface area contributed by atoms with Crippen molar-refractivity contribution in [3.05, 3.63) is 45.5 Å². The van der Waals surface area contributed by atoms with Crippen LogP contribution in [0.2, 0.25) is 0 Å². The van der Waals surface area contributed by atoms with E-state index >= 15 is 0 Å². The highest BCUT2D eigenvalue weighted by molar-refractivity contribution is 6.00. The van der Waals surface area contributed by atoms with Gasteiger partial charge in [0, 0.05) is 17.7 Å². The summed E-state index contributed by atoms with van der Waals surface area (Å²) in [4.78, 5) is 21.3. The average Bonchev–Trinajstić information content (AvgIpc) is 2.39. The van der Waals surface area contributed by atoms with E-state index in [1.165, 1.54) is 12.1 Å². The third kappa shape index (κ3) is 3.29. The summed E-state index contributed by atoms with van der Waals surface area (Å²) < 4.78 is 4.61. The van der Waals surface area contributed by atoms with E-state index in [1.807, 2.05) is 0 Å². The molecule has 19 heavy (non-hydrogen) atoms. The second-order valence-electron chi connectivity index (χ2n) is 3.36. The van der Waals surface area contributed by atoms with E-state index in [0.717, 1.165) is 12.1 Å². The van der Waals surface area contributed by atoms with Crippen LogP contribution in [-0.2, 0) is 9.53 Å². The first-order valence-corrected chi connectivity index (χ1v) is 5.26. The average molecular weight is 262 g/mol. The number of esters is 1. The van der Waals surface area contributed by atoms with Gasteiger partial charge in [0.15, 0.2) is 5.57 Å². The van der Waals surface area contributed by atoms with Gasteiger partial charge >= 0.3 is 5.97 Å². The van der Waals surface area contributed by atoms with Crippen LogP contribution in [0, 0.1) is 21.4 Å². The highest BCUT2D eigenvalue weighted by Crippen LogP contribution is 2.20. The molecule has 0 amide bonds. The van der Waals surface area contributed by atoms with E-state index in [-0.39, 0.29) is 17.9 Å². The zero-order chi connectivity index (χ0) is 14.4. The smallest absolute Gasteiger partial charge is 0.352 e. The number of ether oxygens (including phenoxy) is 1. The molecule has 0 aliphatic carbocycles. The van der Waals surface area contributed by atoms with E-state index in [0.29, 0.717) is 0 Å². The Morgan fingerprint density at radius 2 is 2.05 bits per heavy atom. The number of nitriles is 1. The van der Waals surface area contributed by atoms with Gasteiger partial charge in [-0.05, 0) is 19.1 Å². The van der Waals surface area contributed by atoms with Crippen LogP contribution < -0.4 is 0 Å². The number of hydrogen-bond donors (Lipinski definition) is 1. The lowest BCUT2D eigenvalue weighted by molar-refractivity contribution is -0.384. The molecule has 7 nitrogen and oxygen atoms in total. The number of non-ortho nitro benzene ring substituents is 1. The molecule has 0 bridgehead atoms. The molecule has 0 unspecified atom stereocenters. The van der Waals surface area contributed by atoms with Crippen molar-refractivity contribution >= 4 is 17.4 Å². The number of hydrogen-bond acceptors (Lipinski definition) is 6. The Labute approximate surface area is 108 Å². The highest BCUT2D eigenvalue weighted by atomic mass is 16.6. The van der Waals surface area contributed by atoms with E-state index in [9.17, 15) is 20.0 Å². The maximum atomic E-state index is 11.4. The van der Waals surface area contributed by atoms with E-state index in [1.54, 1.807) is 13.0 Å². The second-order valence-corrected chi connectivity index (χ2v) is 3.36. The van der Waals surface area contributed by atoms with Crippen molar-refractivity contribution in [2.75, 3.05) is 6.61 Å². The third-order valence-corrected chi connectivity index (χ3v) is 2.18. The topological polar surface area (TPSA) is 113 Å². The molecule has 0 saturated carbocycles. The molecular weight excluding hydrogens is 252 g/mol. The molecule has 1 N–H and O–H groups in total. The van der Waals surface area contributed by atoms with Crippen molar-refractivity contribution in [3.63, 3.8) is 0 Å². The van der Waals surface area contributed by atoms with Gasteiger partial charge in [0.05, 0.1) is 11.5 Å². The summed E-state index contributed by atoms with van der Waals surface area (Å²) >= 11 is 0.